The Labute approximate surface area is 47.0 Å². The molecule has 0 unspecified atom stereocenters. The van der Waals surface area contributed by atoms with E-state index in [1.165, 1.54) is 0 Å². The van der Waals surface area contributed by atoms with Crippen molar-refractivity contribution in [3.63, 3.8) is 0 Å². The van der Waals surface area contributed by atoms with Crippen molar-refractivity contribution in [1.82, 2.24) is 5.32 Å². The molecule has 0 saturated heterocycles. The lowest BCUT2D eigenvalue weighted by Gasteiger charge is -1.96. The Kier molecular flexibility index (Phi) is 2.47. The number of aliphatic hydroxyl groups is 1. The first-order valence-corrected chi connectivity index (χ1v) is 2.03. The second-order valence-electron chi connectivity index (χ2n) is 1.28. The molecule has 0 spiro atoms. The van der Waals surface area contributed by atoms with Crippen molar-refractivity contribution in [1.29, 1.82) is 0 Å². The summed E-state index contributed by atoms with van der Waals surface area (Å²) in [5, 5.41) is 10.5. The van der Waals surface area contributed by atoms with E-state index in [0.29, 0.717) is 0 Å². The van der Waals surface area contributed by atoms with Crippen LogP contribution >= 0.6 is 0 Å². The topological polar surface area (TPSA) is 75.3 Å². The molecule has 0 aromatic carbocycles. The zero-order chi connectivity index (χ0) is 6.57. The number of nitrogens with one attached hydrogen (secondary N) is 1. The van der Waals surface area contributed by atoms with Gasteiger partial charge in [-0.15, -0.1) is 0 Å². The van der Waals surface area contributed by atoms with Crippen molar-refractivity contribution in [2.45, 2.75) is 0 Å². The lowest BCUT2D eigenvalue weighted by molar-refractivity contribution is 0.248. The summed E-state index contributed by atoms with van der Waals surface area (Å²) < 4.78 is 0. The van der Waals surface area contributed by atoms with Crippen LogP contribution in [0.4, 0.5) is 4.79 Å². The van der Waals surface area contributed by atoms with E-state index in [-0.39, 0.29) is 12.3 Å². The van der Waals surface area contributed by atoms with Gasteiger partial charge in [-0.05, 0) is 0 Å². The Morgan fingerprint density at radius 3 is 2.50 bits per heavy atom. The molecule has 8 heavy (non-hydrogen) atoms. The average molecular weight is 116 g/mol. The number of aliphatic hydroxyl groups excluding tert-OH is 1. The van der Waals surface area contributed by atoms with Crippen molar-refractivity contribution in [2.75, 3.05) is 6.54 Å². The first-order chi connectivity index (χ1) is 3.63. The number of amides is 2. The maximum Gasteiger partial charge on any atom is 0.312 e. The van der Waals surface area contributed by atoms with Gasteiger partial charge in [0.2, 0.25) is 0 Å². The molecule has 2 amide bonds. The number of carbonyl (C=O) groups excluding carboxylic acids is 1. The third kappa shape index (κ3) is 4.81. The Morgan fingerprint density at radius 2 is 2.38 bits per heavy atom. The highest BCUT2D eigenvalue weighted by molar-refractivity contribution is 5.71. The molecule has 0 saturated carbocycles. The molecule has 4 nitrogen and oxygen atoms in total. The van der Waals surface area contributed by atoms with E-state index < -0.39 is 6.03 Å². The summed E-state index contributed by atoms with van der Waals surface area (Å²) in [6.07, 6.45) is 0. The van der Waals surface area contributed by atoms with Crippen LogP contribution in [0.2, 0.25) is 0 Å². The van der Waals surface area contributed by atoms with Crippen LogP contribution in [0.25, 0.3) is 0 Å². The second kappa shape index (κ2) is 2.90. The minimum absolute atomic E-state index is 0.0231. The van der Waals surface area contributed by atoms with Crippen molar-refractivity contribution in [3.8, 4) is 0 Å². The number of rotatable bonds is 2. The molecule has 4 N–H and O–H groups in total. The SMILES string of the molecule is C=C(O)CNC(N)=O. The van der Waals surface area contributed by atoms with Crippen LogP contribution in [0, 0.1) is 0 Å². The Morgan fingerprint density at radius 1 is 1.88 bits per heavy atom. The molecule has 4 heteroatoms. The Balaban J connectivity index is 3.18. The van der Waals surface area contributed by atoms with E-state index in [0.717, 1.165) is 0 Å². The van der Waals surface area contributed by atoms with Crippen molar-refractivity contribution >= 4 is 6.03 Å². The van der Waals surface area contributed by atoms with Gasteiger partial charge >= 0.3 is 6.03 Å². The average Bonchev–Trinajstić information content (AvgIpc) is 1.61. The number of carbonyl (C=O) groups is 1. The predicted molar refractivity (Wildman–Crippen MR) is 29.4 cm³/mol. The summed E-state index contributed by atoms with van der Waals surface area (Å²) in [6, 6.07) is -0.666. The maximum absolute atomic E-state index is 9.86. The summed E-state index contributed by atoms with van der Waals surface area (Å²) in [7, 11) is 0. The number of hydrogen-bond acceptors (Lipinski definition) is 2. The lowest BCUT2D eigenvalue weighted by Crippen LogP contribution is -2.30. The largest absolute Gasteiger partial charge is 0.511 e. The van der Waals surface area contributed by atoms with E-state index >= 15 is 0 Å². The Bertz CT molecular complexity index is 96.6. The number of primary amides is 1. The molecule has 0 aromatic heterocycles. The van der Waals surface area contributed by atoms with E-state index in [4.69, 9.17) is 5.11 Å². The van der Waals surface area contributed by atoms with Gasteiger partial charge in [0.05, 0.1) is 6.54 Å². The molecule has 0 fully saturated rings. The van der Waals surface area contributed by atoms with Crippen LogP contribution in [0.5, 0.6) is 0 Å². The molecule has 0 atom stereocenters. The standard InChI is InChI=1S/C4H8N2O2/c1-3(7)2-6-4(5)8/h7H,1-2H2,(H3,5,6,8). The van der Waals surface area contributed by atoms with E-state index in [1.54, 1.807) is 0 Å². The minimum Gasteiger partial charge on any atom is -0.511 e. The van der Waals surface area contributed by atoms with Crippen molar-refractivity contribution in [3.05, 3.63) is 12.3 Å². The molecule has 46 valence electrons. The maximum atomic E-state index is 9.86. The molecule has 0 heterocycles. The third-order valence-corrected chi connectivity index (χ3v) is 0.467. The summed E-state index contributed by atoms with van der Waals surface area (Å²) in [5.74, 6) is -0.108. The van der Waals surface area contributed by atoms with Crippen molar-refractivity contribution < 1.29 is 9.90 Å². The minimum atomic E-state index is -0.666. The molecular formula is C4H8N2O2. The molecule has 0 radical (unpaired) electrons. The van der Waals surface area contributed by atoms with Crippen LogP contribution in [0.3, 0.4) is 0 Å². The zero-order valence-electron chi connectivity index (χ0n) is 4.35. The van der Waals surface area contributed by atoms with Gasteiger partial charge in [0, 0.05) is 0 Å². The quantitative estimate of drug-likeness (QED) is 0.434. The summed E-state index contributed by atoms with van der Waals surface area (Å²) >= 11 is 0. The fourth-order valence-corrected chi connectivity index (χ4v) is 0.189. The number of urea groups is 1. The van der Waals surface area contributed by atoms with Crippen LogP contribution in [-0.2, 0) is 0 Å². The lowest BCUT2D eigenvalue weighted by atomic mass is 10.5. The molecule has 0 aliphatic carbocycles. The van der Waals surface area contributed by atoms with Gasteiger partial charge in [0.15, 0.2) is 0 Å². The van der Waals surface area contributed by atoms with Crippen LogP contribution < -0.4 is 11.1 Å². The van der Waals surface area contributed by atoms with Gasteiger partial charge in [-0.25, -0.2) is 4.79 Å². The van der Waals surface area contributed by atoms with Crippen LogP contribution in [0.15, 0.2) is 12.3 Å². The molecular weight excluding hydrogens is 108 g/mol. The molecule has 0 aliphatic heterocycles. The fourth-order valence-electron chi connectivity index (χ4n) is 0.189. The molecule has 0 aromatic rings. The van der Waals surface area contributed by atoms with Gasteiger partial charge < -0.3 is 16.2 Å². The first-order valence-electron chi connectivity index (χ1n) is 2.03. The highest BCUT2D eigenvalue weighted by Gasteiger charge is 1.89. The third-order valence-electron chi connectivity index (χ3n) is 0.467. The summed E-state index contributed by atoms with van der Waals surface area (Å²) in [4.78, 5) is 9.86. The molecule has 0 bridgehead atoms. The number of hydrogen-bond donors (Lipinski definition) is 3. The number of nitrogens with two attached hydrogens (primary N) is 1. The smallest absolute Gasteiger partial charge is 0.312 e. The summed E-state index contributed by atoms with van der Waals surface area (Å²) in [6.45, 7) is 3.14. The van der Waals surface area contributed by atoms with Gasteiger partial charge in [-0.1, -0.05) is 6.58 Å². The zero-order valence-corrected chi connectivity index (χ0v) is 4.35. The van der Waals surface area contributed by atoms with E-state index in [2.05, 4.69) is 17.6 Å². The molecule has 0 aliphatic rings. The monoisotopic (exact) mass is 116 g/mol. The van der Waals surface area contributed by atoms with Crippen molar-refractivity contribution in [2.24, 2.45) is 5.73 Å². The Hall–Kier alpha value is -1.19. The predicted octanol–water partition coefficient (Wildman–Crippen LogP) is -0.274. The van der Waals surface area contributed by atoms with E-state index in [1.807, 2.05) is 0 Å². The van der Waals surface area contributed by atoms with Crippen LogP contribution in [-0.4, -0.2) is 17.7 Å². The second-order valence-corrected chi connectivity index (χ2v) is 1.28. The van der Waals surface area contributed by atoms with Crippen LogP contribution in [0.1, 0.15) is 0 Å². The van der Waals surface area contributed by atoms with Gasteiger partial charge in [0.25, 0.3) is 0 Å². The normalized spacial score (nSPS) is 8.00. The molecule has 0 rings (SSSR count). The highest BCUT2D eigenvalue weighted by atomic mass is 16.3. The van der Waals surface area contributed by atoms with Gasteiger partial charge in [-0.2, -0.15) is 0 Å². The highest BCUT2D eigenvalue weighted by Crippen LogP contribution is 1.73. The van der Waals surface area contributed by atoms with Gasteiger partial charge in [-0.3, -0.25) is 0 Å². The first kappa shape index (κ1) is 6.81. The fraction of sp³-hybridized carbons (Fsp3) is 0.250. The van der Waals surface area contributed by atoms with Gasteiger partial charge in [0.1, 0.15) is 5.76 Å². The van der Waals surface area contributed by atoms with E-state index in [9.17, 15) is 4.79 Å². The summed E-state index contributed by atoms with van der Waals surface area (Å²) in [5.41, 5.74) is 4.64.